The van der Waals surface area contributed by atoms with Crippen LogP contribution in [0.25, 0.3) is 0 Å². The normalized spacial score (nSPS) is 10.0. The highest BCUT2D eigenvalue weighted by atomic mass is 35.5. The molecule has 7 heteroatoms. The predicted octanol–water partition coefficient (Wildman–Crippen LogP) is 4.10. The maximum absolute atomic E-state index is 11.7. The third kappa shape index (κ3) is 3.11. The van der Waals surface area contributed by atoms with Gasteiger partial charge in [0.15, 0.2) is 5.75 Å². The number of nitro benzene ring substituents is 1. The Labute approximate surface area is 125 Å². The van der Waals surface area contributed by atoms with Crippen molar-refractivity contribution < 1.29 is 14.5 Å². The molecular weight excluding hydrogens is 296 g/mol. The highest BCUT2D eigenvalue weighted by molar-refractivity contribution is 6.66. The number of nitro groups is 1. The van der Waals surface area contributed by atoms with Crippen molar-refractivity contribution in [2.24, 2.45) is 0 Å². The Hall–Kier alpha value is -2.60. The van der Waals surface area contributed by atoms with Crippen molar-refractivity contribution in [2.45, 2.75) is 0 Å². The second-order valence-corrected chi connectivity index (χ2v) is 4.36. The van der Waals surface area contributed by atoms with Gasteiger partial charge in [0.05, 0.1) is 23.4 Å². The Balaban J connectivity index is 2.52. The summed E-state index contributed by atoms with van der Waals surface area (Å²) in [5.74, 6) is 0.0522. The van der Waals surface area contributed by atoms with E-state index in [4.69, 9.17) is 16.3 Å². The van der Waals surface area contributed by atoms with E-state index >= 15 is 0 Å². The predicted molar refractivity (Wildman–Crippen MR) is 79.5 cm³/mol. The molecular formula is C14H11ClN2O4. The van der Waals surface area contributed by atoms with Gasteiger partial charge in [-0.3, -0.25) is 19.8 Å². The Morgan fingerprint density at radius 2 is 1.86 bits per heavy atom. The first-order chi connectivity index (χ1) is 10.0. The van der Waals surface area contributed by atoms with Crippen LogP contribution in [-0.4, -0.2) is 17.4 Å². The summed E-state index contributed by atoms with van der Waals surface area (Å²) in [6.45, 7) is 0. The van der Waals surface area contributed by atoms with E-state index in [0.717, 1.165) is 0 Å². The number of para-hydroxylation sites is 1. The van der Waals surface area contributed by atoms with Gasteiger partial charge >= 0.3 is 11.1 Å². The molecule has 0 saturated heterocycles. The average molecular weight is 307 g/mol. The highest BCUT2D eigenvalue weighted by Crippen LogP contribution is 2.35. The lowest BCUT2D eigenvalue weighted by atomic mass is 10.2. The topological polar surface area (TPSA) is 72.7 Å². The fourth-order valence-corrected chi connectivity index (χ4v) is 2.08. The van der Waals surface area contributed by atoms with Crippen LogP contribution in [0.15, 0.2) is 48.5 Å². The Morgan fingerprint density at radius 3 is 2.38 bits per heavy atom. The first-order valence-corrected chi connectivity index (χ1v) is 6.29. The number of methoxy groups -OCH3 is 1. The smallest absolute Gasteiger partial charge is 0.325 e. The number of hydrogen-bond donors (Lipinski definition) is 0. The van der Waals surface area contributed by atoms with Crippen molar-refractivity contribution in [3.63, 3.8) is 0 Å². The highest BCUT2D eigenvalue weighted by Gasteiger charge is 2.21. The van der Waals surface area contributed by atoms with Crippen LogP contribution in [0.3, 0.4) is 0 Å². The minimum absolute atomic E-state index is 0.0522. The first-order valence-electron chi connectivity index (χ1n) is 5.91. The van der Waals surface area contributed by atoms with Crippen molar-refractivity contribution in [2.75, 3.05) is 12.0 Å². The van der Waals surface area contributed by atoms with Gasteiger partial charge in [0.25, 0.3) is 0 Å². The molecule has 1 amide bonds. The van der Waals surface area contributed by atoms with Crippen molar-refractivity contribution in [1.29, 1.82) is 0 Å². The van der Waals surface area contributed by atoms with Crippen LogP contribution in [0.4, 0.5) is 21.9 Å². The SMILES string of the molecule is COc1cc(N(C(=O)Cl)c2ccccc2)ccc1[N+](=O)[O-]. The number of carbonyl (C=O) groups is 1. The van der Waals surface area contributed by atoms with Crippen molar-refractivity contribution in [1.82, 2.24) is 0 Å². The lowest BCUT2D eigenvalue weighted by Gasteiger charge is -2.20. The molecule has 0 aliphatic rings. The lowest BCUT2D eigenvalue weighted by molar-refractivity contribution is -0.385. The number of halogens is 1. The van der Waals surface area contributed by atoms with Gasteiger partial charge < -0.3 is 4.74 Å². The lowest BCUT2D eigenvalue weighted by Crippen LogP contribution is -2.19. The minimum Gasteiger partial charge on any atom is -0.490 e. The molecule has 0 N–H and O–H groups in total. The van der Waals surface area contributed by atoms with Crippen LogP contribution in [0.2, 0.25) is 0 Å². The van der Waals surface area contributed by atoms with E-state index in [1.54, 1.807) is 30.3 Å². The van der Waals surface area contributed by atoms with E-state index in [9.17, 15) is 14.9 Å². The van der Waals surface area contributed by atoms with Crippen LogP contribution >= 0.6 is 11.6 Å². The van der Waals surface area contributed by atoms with E-state index in [1.165, 1.54) is 30.2 Å². The van der Waals surface area contributed by atoms with E-state index in [2.05, 4.69) is 0 Å². The molecule has 0 fully saturated rings. The number of rotatable bonds is 4. The summed E-state index contributed by atoms with van der Waals surface area (Å²) in [4.78, 5) is 23.2. The zero-order chi connectivity index (χ0) is 15.4. The molecule has 2 aromatic carbocycles. The van der Waals surface area contributed by atoms with Gasteiger partial charge in [-0.05, 0) is 29.8 Å². The monoisotopic (exact) mass is 306 g/mol. The summed E-state index contributed by atoms with van der Waals surface area (Å²) < 4.78 is 4.99. The molecule has 0 atom stereocenters. The number of hydrogen-bond acceptors (Lipinski definition) is 4. The summed E-state index contributed by atoms with van der Waals surface area (Å²) in [7, 11) is 1.32. The van der Waals surface area contributed by atoms with Gasteiger partial charge in [-0.25, -0.2) is 0 Å². The maximum atomic E-state index is 11.7. The number of carbonyl (C=O) groups excluding carboxylic acids is 1. The number of anilines is 2. The van der Waals surface area contributed by atoms with Gasteiger partial charge in [0.2, 0.25) is 0 Å². The van der Waals surface area contributed by atoms with E-state index in [1.807, 2.05) is 0 Å². The van der Waals surface area contributed by atoms with Crippen molar-refractivity contribution in [3.8, 4) is 5.75 Å². The zero-order valence-electron chi connectivity index (χ0n) is 11.0. The third-order valence-corrected chi connectivity index (χ3v) is 2.98. The Morgan fingerprint density at radius 1 is 1.19 bits per heavy atom. The quantitative estimate of drug-likeness (QED) is 0.369. The number of benzene rings is 2. The van der Waals surface area contributed by atoms with Gasteiger partial charge in [0, 0.05) is 12.1 Å². The van der Waals surface area contributed by atoms with E-state index in [-0.39, 0.29) is 11.4 Å². The Bertz CT molecular complexity index is 676. The molecule has 0 saturated carbocycles. The van der Waals surface area contributed by atoms with Crippen LogP contribution in [0.5, 0.6) is 5.75 Å². The molecule has 0 aromatic heterocycles. The molecule has 2 aromatic rings. The maximum Gasteiger partial charge on any atom is 0.325 e. The molecule has 0 spiro atoms. The van der Waals surface area contributed by atoms with Gasteiger partial charge in [0.1, 0.15) is 0 Å². The summed E-state index contributed by atoms with van der Waals surface area (Å²) >= 11 is 5.62. The first kappa shape index (κ1) is 14.8. The van der Waals surface area contributed by atoms with Crippen LogP contribution in [0, 0.1) is 10.1 Å². The van der Waals surface area contributed by atoms with Gasteiger partial charge in [-0.2, -0.15) is 0 Å². The fourth-order valence-electron chi connectivity index (χ4n) is 1.89. The van der Waals surface area contributed by atoms with E-state index < -0.39 is 10.3 Å². The molecule has 0 unspecified atom stereocenters. The van der Waals surface area contributed by atoms with Gasteiger partial charge in [-0.1, -0.05) is 18.2 Å². The second-order valence-electron chi connectivity index (χ2n) is 4.04. The Kier molecular flexibility index (Phi) is 4.39. The number of nitrogens with zero attached hydrogens (tertiary/aromatic N) is 2. The molecule has 0 bridgehead atoms. The summed E-state index contributed by atoms with van der Waals surface area (Å²) in [5.41, 5.74) is 0.744. The number of ether oxygens (including phenoxy) is 1. The molecule has 0 radical (unpaired) electrons. The van der Waals surface area contributed by atoms with Crippen LogP contribution in [0.1, 0.15) is 0 Å². The standard InChI is InChI=1S/C14H11ClN2O4/c1-21-13-9-11(7-8-12(13)17(19)20)16(14(15)18)10-5-3-2-4-6-10/h2-9H,1H3. The summed E-state index contributed by atoms with van der Waals surface area (Å²) in [6, 6.07) is 12.8. The van der Waals surface area contributed by atoms with Crippen molar-refractivity contribution in [3.05, 3.63) is 58.6 Å². The van der Waals surface area contributed by atoms with E-state index in [0.29, 0.717) is 11.4 Å². The second kappa shape index (κ2) is 6.23. The average Bonchev–Trinajstić information content (AvgIpc) is 2.47. The largest absolute Gasteiger partial charge is 0.490 e. The molecule has 0 aliphatic carbocycles. The molecule has 21 heavy (non-hydrogen) atoms. The third-order valence-electron chi connectivity index (χ3n) is 2.81. The summed E-state index contributed by atoms with van der Waals surface area (Å²) in [6.07, 6.45) is 0. The zero-order valence-corrected chi connectivity index (χ0v) is 11.8. The molecule has 6 nitrogen and oxygen atoms in total. The van der Waals surface area contributed by atoms with Crippen molar-refractivity contribution >= 4 is 34.0 Å². The fraction of sp³-hybridized carbons (Fsp3) is 0.0714. The molecule has 0 heterocycles. The molecule has 2 rings (SSSR count). The minimum atomic E-state index is -0.725. The molecule has 0 aliphatic heterocycles. The number of amides is 1. The van der Waals surface area contributed by atoms with Gasteiger partial charge in [-0.15, -0.1) is 0 Å². The van der Waals surface area contributed by atoms with Crippen LogP contribution in [-0.2, 0) is 0 Å². The summed E-state index contributed by atoms with van der Waals surface area (Å²) in [5, 5.41) is 10.2. The molecule has 108 valence electrons. The van der Waals surface area contributed by atoms with Crippen LogP contribution < -0.4 is 9.64 Å².